The lowest BCUT2D eigenvalue weighted by atomic mass is 10.4. The Bertz CT molecular complexity index is 379. The first-order valence-corrected chi connectivity index (χ1v) is 7.43. The van der Waals surface area contributed by atoms with Gasteiger partial charge in [0.1, 0.15) is 0 Å². The van der Waals surface area contributed by atoms with Crippen LogP contribution in [-0.2, 0) is 13.6 Å². The lowest BCUT2D eigenvalue weighted by Gasteiger charge is -2.18. The van der Waals surface area contributed by atoms with Gasteiger partial charge in [-0.15, -0.1) is 0 Å². The summed E-state index contributed by atoms with van der Waals surface area (Å²) < 4.78 is 23.1. The van der Waals surface area contributed by atoms with Crippen LogP contribution in [0.1, 0.15) is 19.8 Å². The number of aliphatic hydroxyl groups is 2. The first kappa shape index (κ1) is 15.3. The summed E-state index contributed by atoms with van der Waals surface area (Å²) in [6.45, 7) is 2.20. The highest BCUT2D eigenvalue weighted by molar-refractivity contribution is 7.62. The van der Waals surface area contributed by atoms with Crippen molar-refractivity contribution in [3.05, 3.63) is 30.3 Å². The first-order valence-electron chi connectivity index (χ1n) is 5.89. The average Bonchev–Trinajstić information content (AvgIpc) is 2.37. The molecule has 0 aliphatic rings. The summed E-state index contributed by atoms with van der Waals surface area (Å²) in [6.07, 6.45) is -0.754. The van der Waals surface area contributed by atoms with Crippen LogP contribution in [0.3, 0.4) is 0 Å². The highest BCUT2D eigenvalue weighted by Crippen LogP contribution is 2.47. The normalized spacial score (nSPS) is 14.7. The average molecular weight is 274 g/mol. The van der Waals surface area contributed by atoms with Gasteiger partial charge in [-0.05, 0) is 18.6 Å². The van der Waals surface area contributed by atoms with Crippen LogP contribution in [0.2, 0.25) is 0 Å². The molecule has 0 bridgehead atoms. The van der Waals surface area contributed by atoms with Gasteiger partial charge in [0.15, 0.2) is 6.29 Å². The molecule has 0 aliphatic heterocycles. The fourth-order valence-electron chi connectivity index (χ4n) is 1.29. The fourth-order valence-corrected chi connectivity index (χ4v) is 2.97. The van der Waals surface area contributed by atoms with E-state index in [2.05, 4.69) is 0 Å². The topological polar surface area (TPSA) is 76.0 Å². The lowest BCUT2D eigenvalue weighted by Crippen LogP contribution is -2.14. The molecule has 1 aromatic rings. The largest absolute Gasteiger partial charge is 0.368 e. The van der Waals surface area contributed by atoms with E-state index in [1.807, 2.05) is 13.0 Å². The van der Waals surface area contributed by atoms with E-state index in [4.69, 9.17) is 19.3 Å². The lowest BCUT2D eigenvalue weighted by molar-refractivity contribution is -0.0525. The molecular weight excluding hydrogens is 255 g/mol. The molecule has 0 heterocycles. The zero-order valence-electron chi connectivity index (χ0n) is 10.4. The quantitative estimate of drug-likeness (QED) is 0.557. The van der Waals surface area contributed by atoms with Crippen LogP contribution in [-0.4, -0.2) is 29.7 Å². The smallest absolute Gasteiger partial charge is 0.361 e. The molecule has 1 aromatic carbocycles. The van der Waals surface area contributed by atoms with Gasteiger partial charge < -0.3 is 19.3 Å². The molecule has 0 amide bonds. The van der Waals surface area contributed by atoms with Crippen LogP contribution in [0.15, 0.2) is 30.3 Å². The van der Waals surface area contributed by atoms with E-state index in [1.54, 1.807) is 24.3 Å². The second-order valence-corrected chi connectivity index (χ2v) is 5.80. The number of hydrogen-bond acceptors (Lipinski definition) is 5. The fraction of sp³-hybridized carbons (Fsp3) is 0.500. The predicted octanol–water partition coefficient (Wildman–Crippen LogP) is 1.65. The van der Waals surface area contributed by atoms with Gasteiger partial charge in [-0.25, -0.2) is 0 Å². The van der Waals surface area contributed by atoms with E-state index in [9.17, 15) is 4.57 Å². The van der Waals surface area contributed by atoms with Gasteiger partial charge in [0, 0.05) is 6.42 Å². The maximum absolute atomic E-state index is 12.5. The molecule has 1 atom stereocenters. The highest BCUT2D eigenvalue weighted by Gasteiger charge is 2.27. The van der Waals surface area contributed by atoms with E-state index in [0.717, 1.165) is 6.42 Å². The number of hydrogen-bond donors (Lipinski definition) is 2. The maximum Gasteiger partial charge on any atom is 0.361 e. The van der Waals surface area contributed by atoms with E-state index >= 15 is 0 Å². The van der Waals surface area contributed by atoms with Crippen molar-refractivity contribution in [2.24, 2.45) is 0 Å². The first-order chi connectivity index (χ1) is 8.58. The Kier molecular flexibility index (Phi) is 6.54. The molecule has 0 spiro atoms. The standard InChI is InChI=1S/C12H19O5P/c1-2-9-16-18(15,17-10-8-12(13)14)11-6-4-3-5-7-11/h3-7,12-14H,2,8-10H2,1H3. The molecule has 5 nitrogen and oxygen atoms in total. The van der Waals surface area contributed by atoms with Crippen molar-refractivity contribution < 1.29 is 23.8 Å². The van der Waals surface area contributed by atoms with Crippen molar-refractivity contribution in [3.8, 4) is 0 Å². The molecule has 0 fully saturated rings. The molecule has 1 unspecified atom stereocenters. The Morgan fingerprint density at radius 1 is 1.17 bits per heavy atom. The van der Waals surface area contributed by atoms with Crippen molar-refractivity contribution in [2.75, 3.05) is 13.2 Å². The van der Waals surface area contributed by atoms with Gasteiger partial charge in [0.2, 0.25) is 0 Å². The third kappa shape index (κ3) is 4.88. The summed E-state index contributed by atoms with van der Waals surface area (Å²) in [5, 5.41) is 18.0. The van der Waals surface area contributed by atoms with Gasteiger partial charge >= 0.3 is 7.60 Å². The molecule has 0 radical (unpaired) electrons. The van der Waals surface area contributed by atoms with Crippen LogP contribution in [0, 0.1) is 0 Å². The van der Waals surface area contributed by atoms with E-state index in [-0.39, 0.29) is 13.0 Å². The third-order valence-corrected chi connectivity index (χ3v) is 4.15. The van der Waals surface area contributed by atoms with Crippen molar-refractivity contribution >= 4 is 12.9 Å². The SMILES string of the molecule is CCCOP(=O)(OCCC(O)O)c1ccccc1. The van der Waals surface area contributed by atoms with Crippen molar-refractivity contribution in [1.82, 2.24) is 0 Å². The van der Waals surface area contributed by atoms with Crippen molar-refractivity contribution in [3.63, 3.8) is 0 Å². The van der Waals surface area contributed by atoms with E-state index in [0.29, 0.717) is 11.9 Å². The molecule has 102 valence electrons. The summed E-state index contributed by atoms with van der Waals surface area (Å²) in [4.78, 5) is 0. The summed E-state index contributed by atoms with van der Waals surface area (Å²) in [6, 6.07) is 8.66. The Morgan fingerprint density at radius 3 is 2.33 bits per heavy atom. The van der Waals surface area contributed by atoms with Crippen LogP contribution >= 0.6 is 7.60 Å². The molecule has 0 saturated carbocycles. The van der Waals surface area contributed by atoms with Gasteiger partial charge in [-0.1, -0.05) is 25.1 Å². The minimum atomic E-state index is -3.37. The van der Waals surface area contributed by atoms with Crippen molar-refractivity contribution in [2.45, 2.75) is 26.1 Å². The van der Waals surface area contributed by atoms with Crippen LogP contribution in [0.4, 0.5) is 0 Å². The summed E-state index contributed by atoms with van der Waals surface area (Å²) in [7, 11) is -3.37. The Hall–Kier alpha value is -0.710. The number of rotatable bonds is 8. The van der Waals surface area contributed by atoms with Crippen LogP contribution < -0.4 is 5.30 Å². The Balaban J connectivity index is 2.72. The predicted molar refractivity (Wildman–Crippen MR) is 68.7 cm³/mol. The summed E-state index contributed by atoms with van der Waals surface area (Å²) in [5.74, 6) is 0. The zero-order valence-corrected chi connectivity index (χ0v) is 11.3. The molecule has 6 heteroatoms. The number of benzene rings is 1. The van der Waals surface area contributed by atoms with Crippen LogP contribution in [0.25, 0.3) is 0 Å². The molecule has 18 heavy (non-hydrogen) atoms. The minimum Gasteiger partial charge on any atom is -0.368 e. The van der Waals surface area contributed by atoms with Gasteiger partial charge in [0.05, 0.1) is 18.5 Å². The molecular formula is C12H19O5P. The third-order valence-electron chi connectivity index (χ3n) is 2.18. The summed E-state index contributed by atoms with van der Waals surface area (Å²) >= 11 is 0. The monoisotopic (exact) mass is 274 g/mol. The second kappa shape index (κ2) is 7.67. The maximum atomic E-state index is 12.5. The second-order valence-electron chi connectivity index (χ2n) is 3.77. The Labute approximate surface area is 107 Å². The Morgan fingerprint density at radius 2 is 1.78 bits per heavy atom. The van der Waals surface area contributed by atoms with E-state index in [1.165, 1.54) is 0 Å². The highest BCUT2D eigenvalue weighted by atomic mass is 31.2. The van der Waals surface area contributed by atoms with Crippen molar-refractivity contribution in [1.29, 1.82) is 0 Å². The van der Waals surface area contributed by atoms with Gasteiger partial charge in [0.25, 0.3) is 0 Å². The zero-order chi connectivity index (χ0) is 13.4. The number of aliphatic hydroxyl groups excluding tert-OH is 1. The molecule has 0 aromatic heterocycles. The molecule has 0 aliphatic carbocycles. The van der Waals surface area contributed by atoms with E-state index < -0.39 is 13.9 Å². The minimum absolute atomic E-state index is 0.00763. The molecule has 0 saturated heterocycles. The van der Waals surface area contributed by atoms with Gasteiger partial charge in [-0.3, -0.25) is 4.57 Å². The molecule has 1 rings (SSSR count). The molecule has 2 N–H and O–H groups in total. The summed E-state index contributed by atoms with van der Waals surface area (Å²) in [5.41, 5.74) is 0. The van der Waals surface area contributed by atoms with Crippen LogP contribution in [0.5, 0.6) is 0 Å². The van der Waals surface area contributed by atoms with Gasteiger partial charge in [-0.2, -0.15) is 0 Å².